The van der Waals surface area contributed by atoms with Crippen LogP contribution >= 0.6 is 11.6 Å². The molecule has 5 nitrogen and oxygen atoms in total. The summed E-state index contributed by atoms with van der Waals surface area (Å²) in [5.41, 5.74) is 1.64. The van der Waals surface area contributed by atoms with Crippen molar-refractivity contribution in [2.24, 2.45) is 11.8 Å². The number of nitrogens with zero attached hydrogens (tertiary/aromatic N) is 3. The van der Waals surface area contributed by atoms with E-state index in [2.05, 4.69) is 23.9 Å². The van der Waals surface area contributed by atoms with E-state index >= 15 is 0 Å². The minimum absolute atomic E-state index is 0.0913. The number of carbonyl (C=O) groups excluding carboxylic acids is 2. The largest absolute Gasteiger partial charge is 0.338 e. The fraction of sp³-hybridized carbons (Fsp3) is 0.636. The van der Waals surface area contributed by atoms with Crippen LogP contribution in [0.4, 0.5) is 0 Å². The maximum Gasteiger partial charge on any atom is 0.253 e. The lowest BCUT2D eigenvalue weighted by molar-refractivity contribution is -0.152. The third-order valence-corrected chi connectivity index (χ3v) is 7.17. The second kappa shape index (κ2) is 7.68. The van der Waals surface area contributed by atoms with E-state index in [-0.39, 0.29) is 18.0 Å². The van der Waals surface area contributed by atoms with Crippen LogP contribution < -0.4 is 0 Å². The van der Waals surface area contributed by atoms with Crippen molar-refractivity contribution in [3.8, 4) is 0 Å². The van der Waals surface area contributed by atoms with E-state index < -0.39 is 0 Å². The standard InChI is InChI=1S/C22H30ClN3O2/c1-14-9-15(7-8-18(14)23)22(28)25-11-16-10-17(12-25)20(13-24(2)3)26-19(16)5-4-6-21(26)27/h7-9,16-17,19-20H,4-6,10-13H2,1-3H3/t16-,17+,19+,20+/m1/s1. The number of amides is 2. The zero-order valence-corrected chi connectivity index (χ0v) is 17.8. The van der Waals surface area contributed by atoms with Crippen LogP contribution in [0, 0.1) is 18.8 Å². The quantitative estimate of drug-likeness (QED) is 0.779. The fourth-order valence-electron chi connectivity index (χ4n) is 5.51. The van der Waals surface area contributed by atoms with Crippen LogP contribution in [0.15, 0.2) is 18.2 Å². The summed E-state index contributed by atoms with van der Waals surface area (Å²) < 4.78 is 0. The minimum Gasteiger partial charge on any atom is -0.338 e. The Morgan fingerprint density at radius 1 is 1.25 bits per heavy atom. The van der Waals surface area contributed by atoms with E-state index in [1.807, 2.05) is 30.0 Å². The van der Waals surface area contributed by atoms with Crippen molar-refractivity contribution in [1.29, 1.82) is 0 Å². The van der Waals surface area contributed by atoms with Gasteiger partial charge in [0, 0.05) is 48.7 Å². The molecule has 0 unspecified atom stereocenters. The highest BCUT2D eigenvalue weighted by atomic mass is 35.5. The highest BCUT2D eigenvalue weighted by Crippen LogP contribution is 2.42. The molecule has 2 bridgehead atoms. The molecular formula is C22H30ClN3O2. The van der Waals surface area contributed by atoms with Crippen molar-refractivity contribution in [2.45, 2.75) is 44.7 Å². The topological polar surface area (TPSA) is 43.9 Å². The molecule has 28 heavy (non-hydrogen) atoms. The van der Waals surface area contributed by atoms with Crippen LogP contribution in [-0.2, 0) is 4.79 Å². The zero-order chi connectivity index (χ0) is 20.0. The first-order chi connectivity index (χ1) is 13.3. The molecule has 0 spiro atoms. The number of likely N-dealkylation sites (tertiary alicyclic amines) is 1. The molecule has 0 radical (unpaired) electrons. The number of piperidine rings is 3. The summed E-state index contributed by atoms with van der Waals surface area (Å²) in [7, 11) is 4.13. The molecule has 3 heterocycles. The number of carbonyl (C=O) groups is 2. The van der Waals surface area contributed by atoms with Gasteiger partial charge < -0.3 is 14.7 Å². The first-order valence-electron chi connectivity index (χ1n) is 10.4. The molecule has 2 amide bonds. The van der Waals surface area contributed by atoms with E-state index in [1.165, 1.54) is 0 Å². The van der Waals surface area contributed by atoms with Gasteiger partial charge in [-0.05, 0) is 75.9 Å². The molecule has 3 aliphatic heterocycles. The van der Waals surface area contributed by atoms with Gasteiger partial charge in [-0.15, -0.1) is 0 Å². The van der Waals surface area contributed by atoms with Gasteiger partial charge in [0.1, 0.15) is 0 Å². The van der Waals surface area contributed by atoms with Crippen molar-refractivity contribution < 1.29 is 9.59 Å². The van der Waals surface area contributed by atoms with Gasteiger partial charge in [0.25, 0.3) is 5.91 Å². The first-order valence-corrected chi connectivity index (χ1v) is 10.7. The minimum atomic E-state index is 0.0913. The van der Waals surface area contributed by atoms with Gasteiger partial charge in [0.15, 0.2) is 0 Å². The van der Waals surface area contributed by atoms with Gasteiger partial charge in [-0.3, -0.25) is 9.59 Å². The maximum atomic E-state index is 13.2. The van der Waals surface area contributed by atoms with Gasteiger partial charge in [0.2, 0.25) is 5.91 Å². The van der Waals surface area contributed by atoms with Crippen molar-refractivity contribution in [3.63, 3.8) is 0 Å². The number of fused-ring (bicyclic) bond motifs is 4. The third kappa shape index (κ3) is 3.55. The van der Waals surface area contributed by atoms with E-state index in [0.29, 0.717) is 34.7 Å². The molecule has 0 N–H and O–H groups in total. The predicted molar refractivity (Wildman–Crippen MR) is 111 cm³/mol. The summed E-state index contributed by atoms with van der Waals surface area (Å²) in [6, 6.07) is 6.01. The molecular weight excluding hydrogens is 374 g/mol. The van der Waals surface area contributed by atoms with Gasteiger partial charge in [0.05, 0.1) is 0 Å². The molecule has 0 aliphatic carbocycles. The number of benzene rings is 1. The Kier molecular flexibility index (Phi) is 5.41. The molecule has 3 fully saturated rings. The van der Waals surface area contributed by atoms with Crippen LogP contribution in [0.1, 0.15) is 41.6 Å². The molecule has 152 valence electrons. The second-order valence-electron chi connectivity index (χ2n) is 9.02. The Morgan fingerprint density at radius 2 is 2.00 bits per heavy atom. The molecule has 3 saturated heterocycles. The Hall–Kier alpha value is -1.59. The Labute approximate surface area is 172 Å². The average Bonchev–Trinajstić information content (AvgIpc) is 2.66. The Balaban J connectivity index is 1.60. The summed E-state index contributed by atoms with van der Waals surface area (Å²) in [6.07, 6.45) is 3.83. The average molecular weight is 404 g/mol. The van der Waals surface area contributed by atoms with Crippen molar-refractivity contribution in [1.82, 2.24) is 14.7 Å². The lowest BCUT2D eigenvalue weighted by Crippen LogP contribution is -2.67. The fourth-order valence-corrected chi connectivity index (χ4v) is 5.63. The summed E-state index contributed by atoms with van der Waals surface area (Å²) in [6.45, 7) is 4.27. The molecule has 0 aromatic heterocycles. The zero-order valence-electron chi connectivity index (χ0n) is 17.0. The van der Waals surface area contributed by atoms with Crippen LogP contribution in [0.3, 0.4) is 0 Å². The lowest BCUT2D eigenvalue weighted by Gasteiger charge is -2.57. The number of halogens is 1. The number of likely N-dealkylation sites (N-methyl/N-ethyl adjacent to an activating group) is 1. The lowest BCUT2D eigenvalue weighted by atomic mass is 9.72. The van der Waals surface area contributed by atoms with Gasteiger partial charge >= 0.3 is 0 Å². The Bertz CT molecular complexity index is 781. The molecule has 3 aliphatic rings. The van der Waals surface area contributed by atoms with E-state index in [4.69, 9.17) is 11.6 Å². The summed E-state index contributed by atoms with van der Waals surface area (Å²) in [4.78, 5) is 32.4. The van der Waals surface area contributed by atoms with Crippen LogP contribution in [0.25, 0.3) is 0 Å². The number of rotatable bonds is 3. The van der Waals surface area contributed by atoms with Crippen molar-refractivity contribution >= 4 is 23.4 Å². The van der Waals surface area contributed by atoms with Gasteiger partial charge in [-0.25, -0.2) is 0 Å². The maximum absolute atomic E-state index is 13.2. The molecule has 1 aromatic rings. The SMILES string of the molecule is Cc1cc(C(=O)N2C[C@H]3C[C@@H](C2)[C@H](CN(C)C)N2C(=O)CCC[C@@H]32)ccc1Cl. The van der Waals surface area contributed by atoms with Crippen molar-refractivity contribution in [3.05, 3.63) is 34.3 Å². The highest BCUT2D eigenvalue weighted by Gasteiger charge is 2.50. The molecule has 0 saturated carbocycles. The van der Waals surface area contributed by atoms with E-state index in [0.717, 1.165) is 44.5 Å². The van der Waals surface area contributed by atoms with Crippen molar-refractivity contribution in [2.75, 3.05) is 33.7 Å². The Morgan fingerprint density at radius 3 is 2.71 bits per heavy atom. The van der Waals surface area contributed by atoms with Crippen LogP contribution in [-0.4, -0.2) is 72.3 Å². The second-order valence-corrected chi connectivity index (χ2v) is 9.43. The molecule has 6 heteroatoms. The summed E-state index contributed by atoms with van der Waals surface area (Å²) in [5.74, 6) is 1.13. The van der Waals surface area contributed by atoms with E-state index in [9.17, 15) is 9.59 Å². The molecule has 4 rings (SSSR count). The van der Waals surface area contributed by atoms with Crippen LogP contribution in [0.5, 0.6) is 0 Å². The third-order valence-electron chi connectivity index (χ3n) is 6.74. The molecule has 1 aromatic carbocycles. The van der Waals surface area contributed by atoms with Gasteiger partial charge in [-0.2, -0.15) is 0 Å². The monoisotopic (exact) mass is 403 g/mol. The normalized spacial score (nSPS) is 29.8. The summed E-state index contributed by atoms with van der Waals surface area (Å²) in [5, 5.41) is 0.689. The summed E-state index contributed by atoms with van der Waals surface area (Å²) >= 11 is 6.14. The van der Waals surface area contributed by atoms with E-state index in [1.54, 1.807) is 0 Å². The number of hydrogen-bond donors (Lipinski definition) is 0. The van der Waals surface area contributed by atoms with Crippen LogP contribution in [0.2, 0.25) is 5.02 Å². The molecule has 4 atom stereocenters. The first kappa shape index (κ1) is 19.7. The number of aryl methyl sites for hydroxylation is 1. The predicted octanol–water partition coefficient (Wildman–Crippen LogP) is 3.05. The highest BCUT2D eigenvalue weighted by molar-refractivity contribution is 6.31. The van der Waals surface area contributed by atoms with Gasteiger partial charge in [-0.1, -0.05) is 11.6 Å². The smallest absolute Gasteiger partial charge is 0.253 e. The number of hydrogen-bond acceptors (Lipinski definition) is 3.